The number of halogens is 1. The molecule has 1 heterocycles. The number of rotatable bonds is 6. The average molecular weight is 262 g/mol. The lowest BCUT2D eigenvalue weighted by atomic mass is 10.0. The maximum atomic E-state index is 9.93. The first-order valence-corrected chi connectivity index (χ1v) is 6.89. The molecule has 0 aliphatic rings. The van der Waals surface area contributed by atoms with Gasteiger partial charge in [-0.2, -0.15) is 0 Å². The van der Waals surface area contributed by atoms with E-state index in [0.29, 0.717) is 6.54 Å². The van der Waals surface area contributed by atoms with Crippen LogP contribution in [-0.2, 0) is 0 Å². The predicted octanol–water partition coefficient (Wildman–Crippen LogP) is 3.60. The van der Waals surface area contributed by atoms with Gasteiger partial charge < -0.3 is 10.4 Å². The second-order valence-corrected chi connectivity index (χ2v) is 6.08. The second kappa shape index (κ2) is 6.01. The summed E-state index contributed by atoms with van der Waals surface area (Å²) < 4.78 is 0.817. The van der Waals surface area contributed by atoms with Gasteiger partial charge in [0.25, 0.3) is 0 Å². The van der Waals surface area contributed by atoms with Gasteiger partial charge in [0.1, 0.15) is 0 Å². The third-order valence-corrected chi connectivity index (χ3v) is 4.18. The van der Waals surface area contributed by atoms with E-state index < -0.39 is 5.60 Å². The lowest BCUT2D eigenvalue weighted by molar-refractivity contribution is 0.0527. The number of nitrogens with one attached hydrogen (secondary N) is 1. The van der Waals surface area contributed by atoms with Crippen molar-refractivity contribution in [2.24, 2.45) is 0 Å². The third-order valence-electron chi connectivity index (χ3n) is 2.84. The van der Waals surface area contributed by atoms with Gasteiger partial charge in [-0.3, -0.25) is 0 Å². The van der Waals surface area contributed by atoms with Crippen LogP contribution in [0.3, 0.4) is 0 Å². The molecule has 0 fully saturated rings. The van der Waals surface area contributed by atoms with E-state index >= 15 is 0 Å². The van der Waals surface area contributed by atoms with Gasteiger partial charge in [-0.15, -0.1) is 11.3 Å². The van der Waals surface area contributed by atoms with E-state index in [0.717, 1.165) is 17.2 Å². The first kappa shape index (κ1) is 14.0. The van der Waals surface area contributed by atoms with Crippen LogP contribution in [0.1, 0.15) is 44.5 Å². The molecule has 92 valence electrons. The Hall–Kier alpha value is -0.0900. The van der Waals surface area contributed by atoms with Crippen LogP contribution in [0.5, 0.6) is 0 Å². The van der Waals surface area contributed by atoms with Crippen LogP contribution in [0.25, 0.3) is 0 Å². The van der Waals surface area contributed by atoms with Crippen LogP contribution >= 0.6 is 22.9 Å². The molecule has 0 aliphatic heterocycles. The van der Waals surface area contributed by atoms with Crippen LogP contribution < -0.4 is 5.32 Å². The summed E-state index contributed by atoms with van der Waals surface area (Å²) in [5, 5.41) is 13.3. The summed E-state index contributed by atoms with van der Waals surface area (Å²) in [7, 11) is 0. The highest BCUT2D eigenvalue weighted by atomic mass is 35.5. The molecular formula is C12H20ClNOS. The van der Waals surface area contributed by atoms with E-state index in [1.54, 1.807) is 11.3 Å². The molecule has 1 rings (SSSR count). The molecule has 0 spiro atoms. The molecule has 2 unspecified atom stereocenters. The van der Waals surface area contributed by atoms with Crippen molar-refractivity contribution in [2.45, 2.75) is 45.3 Å². The molecule has 2 N–H and O–H groups in total. The summed E-state index contributed by atoms with van der Waals surface area (Å²) in [6.45, 7) is 6.59. The molecule has 4 heteroatoms. The van der Waals surface area contributed by atoms with Crippen LogP contribution in [0.15, 0.2) is 12.1 Å². The highest BCUT2D eigenvalue weighted by Gasteiger charge is 2.20. The molecule has 0 aliphatic carbocycles. The highest BCUT2D eigenvalue weighted by molar-refractivity contribution is 7.16. The molecular weight excluding hydrogens is 242 g/mol. The fourth-order valence-electron chi connectivity index (χ4n) is 1.43. The van der Waals surface area contributed by atoms with Crippen molar-refractivity contribution >= 4 is 22.9 Å². The van der Waals surface area contributed by atoms with Gasteiger partial charge in [0.2, 0.25) is 0 Å². The Morgan fingerprint density at radius 3 is 2.62 bits per heavy atom. The van der Waals surface area contributed by atoms with Crippen LogP contribution in [0, 0.1) is 0 Å². The van der Waals surface area contributed by atoms with Crippen molar-refractivity contribution in [3.63, 3.8) is 0 Å². The molecule has 0 bridgehead atoms. The quantitative estimate of drug-likeness (QED) is 0.820. The number of hydrogen-bond donors (Lipinski definition) is 2. The van der Waals surface area contributed by atoms with Crippen molar-refractivity contribution in [1.82, 2.24) is 5.32 Å². The zero-order chi connectivity index (χ0) is 12.2. The van der Waals surface area contributed by atoms with Crippen molar-refractivity contribution in [3.05, 3.63) is 21.3 Å². The number of hydrogen-bond acceptors (Lipinski definition) is 3. The topological polar surface area (TPSA) is 32.3 Å². The highest BCUT2D eigenvalue weighted by Crippen LogP contribution is 2.28. The number of aliphatic hydroxyl groups is 1. The van der Waals surface area contributed by atoms with Crippen LogP contribution in [0.2, 0.25) is 4.34 Å². The van der Waals surface area contributed by atoms with Gasteiger partial charge in [0.15, 0.2) is 0 Å². The minimum Gasteiger partial charge on any atom is -0.389 e. The normalized spacial score (nSPS) is 17.1. The molecule has 0 radical (unpaired) electrons. The van der Waals surface area contributed by atoms with Gasteiger partial charge >= 0.3 is 0 Å². The van der Waals surface area contributed by atoms with Gasteiger partial charge in [0.05, 0.1) is 9.94 Å². The van der Waals surface area contributed by atoms with E-state index in [1.807, 2.05) is 19.9 Å². The molecule has 0 saturated carbocycles. The Balaban J connectivity index is 2.56. The van der Waals surface area contributed by atoms with E-state index in [-0.39, 0.29) is 6.04 Å². The lowest BCUT2D eigenvalue weighted by Gasteiger charge is -2.25. The van der Waals surface area contributed by atoms with E-state index in [9.17, 15) is 5.11 Å². The maximum absolute atomic E-state index is 9.93. The SMILES string of the molecule is CCC(NCC(C)(O)CC)c1ccc(Cl)s1. The Labute approximate surface area is 107 Å². The smallest absolute Gasteiger partial charge is 0.0931 e. The summed E-state index contributed by atoms with van der Waals surface area (Å²) in [5.74, 6) is 0. The third kappa shape index (κ3) is 4.06. The Kier molecular flexibility index (Phi) is 5.25. The molecule has 1 aromatic heterocycles. The number of thiophene rings is 1. The molecule has 1 aromatic rings. The monoisotopic (exact) mass is 261 g/mol. The molecule has 2 nitrogen and oxygen atoms in total. The van der Waals surface area contributed by atoms with Crippen molar-refractivity contribution < 1.29 is 5.11 Å². The van der Waals surface area contributed by atoms with Gasteiger partial charge in [-0.1, -0.05) is 25.4 Å². The summed E-state index contributed by atoms with van der Waals surface area (Å²) in [4.78, 5) is 1.24. The van der Waals surface area contributed by atoms with E-state index in [1.165, 1.54) is 4.88 Å². The van der Waals surface area contributed by atoms with Crippen molar-refractivity contribution in [3.8, 4) is 0 Å². The second-order valence-electron chi connectivity index (χ2n) is 4.33. The van der Waals surface area contributed by atoms with E-state index in [4.69, 9.17) is 11.6 Å². The standard InChI is InChI=1S/C12H20ClNOS/c1-4-9(10-6-7-11(13)16-10)14-8-12(3,15)5-2/h6-7,9,14-15H,4-5,8H2,1-3H3. The van der Waals surface area contributed by atoms with Gasteiger partial charge in [-0.25, -0.2) is 0 Å². The Morgan fingerprint density at radius 2 is 2.19 bits per heavy atom. The van der Waals surface area contributed by atoms with Crippen molar-refractivity contribution in [2.75, 3.05) is 6.54 Å². The summed E-state index contributed by atoms with van der Waals surface area (Å²) >= 11 is 7.52. The Bertz CT molecular complexity index is 325. The fourth-order valence-corrected chi connectivity index (χ4v) is 2.65. The molecule has 0 saturated heterocycles. The summed E-state index contributed by atoms with van der Waals surface area (Å²) in [6, 6.07) is 4.26. The first-order chi connectivity index (χ1) is 7.48. The largest absolute Gasteiger partial charge is 0.389 e. The lowest BCUT2D eigenvalue weighted by Crippen LogP contribution is -2.38. The summed E-state index contributed by atoms with van der Waals surface area (Å²) in [6.07, 6.45) is 1.75. The van der Waals surface area contributed by atoms with E-state index in [2.05, 4.69) is 18.3 Å². The molecule has 2 atom stereocenters. The van der Waals surface area contributed by atoms with Crippen LogP contribution in [-0.4, -0.2) is 17.3 Å². The van der Waals surface area contributed by atoms with Crippen LogP contribution in [0.4, 0.5) is 0 Å². The van der Waals surface area contributed by atoms with Gasteiger partial charge in [-0.05, 0) is 31.9 Å². The molecule has 16 heavy (non-hydrogen) atoms. The fraction of sp³-hybridized carbons (Fsp3) is 0.667. The zero-order valence-corrected chi connectivity index (χ0v) is 11.7. The molecule has 0 aromatic carbocycles. The van der Waals surface area contributed by atoms with Crippen molar-refractivity contribution in [1.29, 1.82) is 0 Å². The summed E-state index contributed by atoms with van der Waals surface area (Å²) in [5.41, 5.74) is -0.630. The zero-order valence-electron chi connectivity index (χ0n) is 10.1. The first-order valence-electron chi connectivity index (χ1n) is 5.69. The minimum absolute atomic E-state index is 0.288. The minimum atomic E-state index is -0.630. The maximum Gasteiger partial charge on any atom is 0.0931 e. The Morgan fingerprint density at radius 1 is 1.50 bits per heavy atom. The molecule has 0 amide bonds. The van der Waals surface area contributed by atoms with Gasteiger partial charge in [0, 0.05) is 17.5 Å². The predicted molar refractivity (Wildman–Crippen MR) is 71.3 cm³/mol. The average Bonchev–Trinajstić information content (AvgIpc) is 2.66.